The van der Waals surface area contributed by atoms with Crippen LogP contribution in [0.3, 0.4) is 0 Å². The maximum atomic E-state index is 13.3. The highest BCUT2D eigenvalue weighted by molar-refractivity contribution is 8.03. The summed E-state index contributed by atoms with van der Waals surface area (Å²) in [6, 6.07) is 16.7. The molecule has 1 aliphatic carbocycles. The first-order valence-corrected chi connectivity index (χ1v) is 12.6. The summed E-state index contributed by atoms with van der Waals surface area (Å²) in [5.74, 6) is 0.117. The molecule has 0 spiro atoms. The maximum absolute atomic E-state index is 13.3. The van der Waals surface area contributed by atoms with Gasteiger partial charge in [0, 0.05) is 28.4 Å². The Morgan fingerprint density at radius 2 is 2.00 bits per heavy atom. The van der Waals surface area contributed by atoms with Crippen molar-refractivity contribution >= 4 is 40.7 Å². The van der Waals surface area contributed by atoms with Gasteiger partial charge in [-0.3, -0.25) is 9.59 Å². The zero-order chi connectivity index (χ0) is 25.2. The Balaban J connectivity index is 1.65. The van der Waals surface area contributed by atoms with Crippen molar-refractivity contribution < 1.29 is 14.3 Å². The number of ether oxygens (including phenoxy) is 1. The van der Waals surface area contributed by atoms with Gasteiger partial charge in [-0.25, -0.2) is 0 Å². The number of benzene rings is 2. The highest BCUT2D eigenvalue weighted by Crippen LogP contribution is 2.48. The van der Waals surface area contributed by atoms with Crippen LogP contribution in [-0.2, 0) is 9.59 Å². The lowest BCUT2D eigenvalue weighted by atomic mass is 9.69. The quantitative estimate of drug-likeness (QED) is 0.514. The molecule has 8 heteroatoms. The topological polar surface area (TPSA) is 91.2 Å². The van der Waals surface area contributed by atoms with E-state index in [1.807, 2.05) is 24.3 Å². The van der Waals surface area contributed by atoms with E-state index in [0.29, 0.717) is 45.5 Å². The second-order valence-corrected chi connectivity index (χ2v) is 10.8. The lowest BCUT2D eigenvalue weighted by Gasteiger charge is -2.39. The minimum atomic E-state index is -0.496. The minimum Gasteiger partial charge on any atom is -0.497 e. The Morgan fingerprint density at radius 3 is 2.66 bits per heavy atom. The van der Waals surface area contributed by atoms with E-state index >= 15 is 0 Å². The number of thioether (sulfide) groups is 1. The van der Waals surface area contributed by atoms with Crippen molar-refractivity contribution in [1.82, 2.24) is 5.32 Å². The molecule has 0 saturated carbocycles. The summed E-state index contributed by atoms with van der Waals surface area (Å²) in [7, 11) is 1.59. The number of carbonyl (C=O) groups is 2. The third-order valence-electron chi connectivity index (χ3n) is 6.03. The van der Waals surface area contributed by atoms with Crippen LogP contribution in [0.4, 0.5) is 5.69 Å². The number of rotatable bonds is 6. The standard InChI is InChI=1S/C27H26ClN3O3S/c1-27(2)12-21-25(22(32)13-27)24(16-7-9-19(34-3)10-8-16)20(14-29)26(31-21)35-15-23(33)30-18-6-4-5-17(28)11-18/h4-11,24,31H,12-13,15H2,1-3H3,(H,30,33). The molecule has 1 unspecified atom stereocenters. The fourth-order valence-electron chi connectivity index (χ4n) is 4.52. The number of nitrogens with zero attached hydrogens (tertiary/aromatic N) is 1. The molecule has 1 amide bonds. The first kappa shape index (κ1) is 24.9. The summed E-state index contributed by atoms with van der Waals surface area (Å²) < 4.78 is 5.28. The van der Waals surface area contributed by atoms with Gasteiger partial charge in [0.05, 0.1) is 35.5 Å². The smallest absolute Gasteiger partial charge is 0.234 e. The van der Waals surface area contributed by atoms with Gasteiger partial charge < -0.3 is 15.4 Å². The van der Waals surface area contributed by atoms with E-state index in [0.717, 1.165) is 11.3 Å². The Labute approximate surface area is 214 Å². The van der Waals surface area contributed by atoms with Gasteiger partial charge in [0.15, 0.2) is 5.78 Å². The van der Waals surface area contributed by atoms with E-state index < -0.39 is 5.92 Å². The Bertz CT molecular complexity index is 1280. The summed E-state index contributed by atoms with van der Waals surface area (Å²) in [6.45, 7) is 4.13. The number of amides is 1. The second-order valence-electron chi connectivity index (χ2n) is 9.37. The van der Waals surface area contributed by atoms with E-state index in [-0.39, 0.29) is 22.9 Å². The molecule has 2 N–H and O–H groups in total. The molecule has 2 aromatic rings. The number of hydrogen-bond donors (Lipinski definition) is 2. The fourth-order valence-corrected chi connectivity index (χ4v) is 5.57. The molecular formula is C27H26ClN3O3S. The zero-order valence-corrected chi connectivity index (χ0v) is 21.3. The highest BCUT2D eigenvalue weighted by Gasteiger charge is 2.42. The normalized spacial score (nSPS) is 18.9. The van der Waals surface area contributed by atoms with Crippen LogP contribution in [0.1, 0.15) is 38.2 Å². The molecule has 2 aromatic carbocycles. The number of hydrogen-bond acceptors (Lipinski definition) is 6. The molecule has 1 atom stereocenters. The number of carbonyl (C=O) groups excluding carboxylic acids is 2. The van der Waals surface area contributed by atoms with Gasteiger partial charge in [-0.15, -0.1) is 0 Å². The molecule has 6 nitrogen and oxygen atoms in total. The molecule has 2 aliphatic rings. The number of ketones is 1. The van der Waals surface area contributed by atoms with Gasteiger partial charge in [-0.05, 0) is 47.7 Å². The van der Waals surface area contributed by atoms with Gasteiger partial charge in [-0.2, -0.15) is 5.26 Å². The second kappa shape index (κ2) is 10.2. The first-order valence-electron chi connectivity index (χ1n) is 11.2. The molecular weight excluding hydrogens is 482 g/mol. The number of allylic oxidation sites excluding steroid dienone is 3. The van der Waals surface area contributed by atoms with Crippen LogP contribution in [0.5, 0.6) is 5.75 Å². The molecule has 180 valence electrons. The maximum Gasteiger partial charge on any atom is 0.234 e. The lowest BCUT2D eigenvalue weighted by molar-refractivity contribution is -0.118. The summed E-state index contributed by atoms with van der Waals surface area (Å²) in [5, 5.41) is 17.5. The van der Waals surface area contributed by atoms with E-state index in [9.17, 15) is 14.9 Å². The molecule has 35 heavy (non-hydrogen) atoms. The van der Waals surface area contributed by atoms with Crippen LogP contribution < -0.4 is 15.4 Å². The van der Waals surface area contributed by atoms with Gasteiger partial charge in [0.2, 0.25) is 5.91 Å². The van der Waals surface area contributed by atoms with Crippen LogP contribution in [0.15, 0.2) is 70.4 Å². The van der Waals surface area contributed by atoms with Crippen molar-refractivity contribution in [1.29, 1.82) is 5.26 Å². The molecule has 4 rings (SSSR count). The van der Waals surface area contributed by atoms with Gasteiger partial charge >= 0.3 is 0 Å². The van der Waals surface area contributed by atoms with E-state index in [1.165, 1.54) is 11.8 Å². The molecule has 0 radical (unpaired) electrons. The largest absolute Gasteiger partial charge is 0.497 e. The van der Waals surface area contributed by atoms with Gasteiger partial charge in [0.25, 0.3) is 0 Å². The first-order chi connectivity index (χ1) is 16.7. The van der Waals surface area contributed by atoms with Crippen LogP contribution >= 0.6 is 23.4 Å². The third kappa shape index (κ3) is 5.55. The Hall–Kier alpha value is -3.21. The molecule has 0 fully saturated rings. The van der Waals surface area contributed by atoms with Gasteiger partial charge in [-0.1, -0.05) is 55.4 Å². The summed E-state index contributed by atoms with van der Waals surface area (Å²) in [5.41, 5.74) is 3.14. The monoisotopic (exact) mass is 507 g/mol. The van der Waals surface area contributed by atoms with Crippen molar-refractivity contribution in [3.8, 4) is 11.8 Å². The molecule has 1 aliphatic heterocycles. The van der Waals surface area contributed by atoms with Crippen molar-refractivity contribution in [3.05, 3.63) is 81.0 Å². The SMILES string of the molecule is COc1ccc(C2C(C#N)=C(SCC(=O)Nc3cccc(Cl)c3)NC3=C2C(=O)CC(C)(C)C3)cc1. The van der Waals surface area contributed by atoms with Crippen molar-refractivity contribution in [2.45, 2.75) is 32.6 Å². The number of methoxy groups -OCH3 is 1. The Kier molecular flexibility index (Phi) is 7.25. The van der Waals surface area contributed by atoms with Crippen molar-refractivity contribution in [2.75, 3.05) is 18.2 Å². The summed E-state index contributed by atoms with van der Waals surface area (Å²) in [4.78, 5) is 25.9. The number of nitriles is 1. The number of nitrogens with one attached hydrogen (secondary N) is 2. The average molecular weight is 508 g/mol. The zero-order valence-electron chi connectivity index (χ0n) is 19.8. The third-order valence-corrected chi connectivity index (χ3v) is 7.28. The van der Waals surface area contributed by atoms with Crippen molar-refractivity contribution in [3.63, 3.8) is 0 Å². The molecule has 0 aromatic heterocycles. The summed E-state index contributed by atoms with van der Waals surface area (Å²) >= 11 is 7.26. The van der Waals surface area contributed by atoms with Crippen molar-refractivity contribution in [2.24, 2.45) is 5.41 Å². The van der Waals surface area contributed by atoms with Crippen LogP contribution in [0.2, 0.25) is 5.02 Å². The number of dihydropyridines is 1. The number of anilines is 1. The minimum absolute atomic E-state index is 0.0417. The molecule has 0 bridgehead atoms. The highest BCUT2D eigenvalue weighted by atomic mass is 35.5. The molecule has 0 saturated heterocycles. The van der Waals surface area contributed by atoms with E-state index in [1.54, 1.807) is 31.4 Å². The van der Waals surface area contributed by atoms with Gasteiger partial charge in [0.1, 0.15) is 5.75 Å². The number of halogens is 1. The number of Topliss-reactive ketones (excluding diaryl/α,β-unsaturated/α-hetero) is 1. The fraction of sp³-hybridized carbons (Fsp3) is 0.296. The Morgan fingerprint density at radius 1 is 1.26 bits per heavy atom. The van der Waals surface area contributed by atoms with Crippen LogP contribution in [-0.4, -0.2) is 24.6 Å². The summed E-state index contributed by atoms with van der Waals surface area (Å²) in [6.07, 6.45) is 1.10. The lowest BCUT2D eigenvalue weighted by Crippen LogP contribution is -2.37. The van der Waals surface area contributed by atoms with E-state index in [4.69, 9.17) is 16.3 Å². The predicted molar refractivity (Wildman–Crippen MR) is 139 cm³/mol. The van der Waals surface area contributed by atoms with Crippen LogP contribution in [0.25, 0.3) is 0 Å². The van der Waals surface area contributed by atoms with E-state index in [2.05, 4.69) is 30.6 Å². The van der Waals surface area contributed by atoms with Crippen LogP contribution in [0, 0.1) is 16.7 Å². The molecule has 1 heterocycles. The predicted octanol–water partition coefficient (Wildman–Crippen LogP) is 5.79. The average Bonchev–Trinajstić information content (AvgIpc) is 2.81.